The van der Waals surface area contributed by atoms with Crippen molar-refractivity contribution in [3.05, 3.63) is 29.8 Å². The molecule has 0 spiro atoms. The molecule has 4 nitrogen and oxygen atoms in total. The first kappa shape index (κ1) is 15.5. The number of amides is 1. The summed E-state index contributed by atoms with van der Waals surface area (Å²) in [7, 11) is 0. The maximum atomic E-state index is 11.9. The molecule has 1 amide bonds. The molecule has 19 heavy (non-hydrogen) atoms. The average molecular weight is 264 g/mol. The quantitative estimate of drug-likeness (QED) is 0.853. The van der Waals surface area contributed by atoms with Gasteiger partial charge in [-0.05, 0) is 58.4 Å². The molecule has 1 atom stereocenters. The van der Waals surface area contributed by atoms with Crippen molar-refractivity contribution >= 4 is 5.91 Å². The molecule has 1 aromatic carbocycles. The highest BCUT2D eigenvalue weighted by Gasteiger charge is 2.20. The van der Waals surface area contributed by atoms with E-state index < -0.39 is 6.10 Å². The Morgan fingerprint density at radius 1 is 1.42 bits per heavy atom. The SMILES string of the molecule is CC(Oc1cccc(CCN)c1)C(=O)NC(C)(C)C. The van der Waals surface area contributed by atoms with E-state index in [1.807, 2.05) is 45.0 Å². The molecule has 0 aliphatic rings. The highest BCUT2D eigenvalue weighted by atomic mass is 16.5. The van der Waals surface area contributed by atoms with Gasteiger partial charge in [-0.2, -0.15) is 0 Å². The topological polar surface area (TPSA) is 64.3 Å². The van der Waals surface area contributed by atoms with Crippen LogP contribution in [0, 0.1) is 0 Å². The van der Waals surface area contributed by atoms with Gasteiger partial charge >= 0.3 is 0 Å². The minimum Gasteiger partial charge on any atom is -0.481 e. The fraction of sp³-hybridized carbons (Fsp3) is 0.533. The molecule has 106 valence electrons. The van der Waals surface area contributed by atoms with Gasteiger partial charge in [0.2, 0.25) is 0 Å². The molecule has 1 unspecified atom stereocenters. The standard InChI is InChI=1S/C15H24N2O2/c1-11(14(18)17-15(2,3)4)19-13-7-5-6-12(10-13)8-9-16/h5-7,10-11H,8-9,16H2,1-4H3,(H,17,18). The number of carbonyl (C=O) groups excluding carboxylic acids is 1. The highest BCUT2D eigenvalue weighted by Crippen LogP contribution is 2.15. The molecule has 0 fully saturated rings. The third kappa shape index (κ3) is 5.75. The van der Waals surface area contributed by atoms with Gasteiger partial charge in [-0.1, -0.05) is 12.1 Å². The maximum Gasteiger partial charge on any atom is 0.261 e. The lowest BCUT2D eigenvalue weighted by Gasteiger charge is -2.23. The Kier molecular flexibility index (Phi) is 5.36. The van der Waals surface area contributed by atoms with Crippen LogP contribution in [0.1, 0.15) is 33.3 Å². The van der Waals surface area contributed by atoms with E-state index in [0.717, 1.165) is 12.0 Å². The number of hydrogen-bond acceptors (Lipinski definition) is 3. The third-order valence-electron chi connectivity index (χ3n) is 2.51. The van der Waals surface area contributed by atoms with Crippen LogP contribution in [0.4, 0.5) is 0 Å². The van der Waals surface area contributed by atoms with E-state index in [4.69, 9.17) is 10.5 Å². The van der Waals surface area contributed by atoms with Crippen LogP contribution in [-0.4, -0.2) is 24.1 Å². The molecule has 0 saturated carbocycles. The summed E-state index contributed by atoms with van der Waals surface area (Å²) in [5.41, 5.74) is 6.38. The Hall–Kier alpha value is -1.55. The van der Waals surface area contributed by atoms with Crippen LogP contribution in [0.5, 0.6) is 5.75 Å². The Morgan fingerprint density at radius 2 is 2.11 bits per heavy atom. The van der Waals surface area contributed by atoms with E-state index in [1.54, 1.807) is 6.92 Å². The van der Waals surface area contributed by atoms with Gasteiger partial charge in [-0.25, -0.2) is 0 Å². The molecule has 0 bridgehead atoms. The van der Waals surface area contributed by atoms with Crippen LogP contribution in [-0.2, 0) is 11.2 Å². The van der Waals surface area contributed by atoms with Crippen LogP contribution in [0.3, 0.4) is 0 Å². The predicted octanol–water partition coefficient (Wildman–Crippen LogP) is 1.87. The van der Waals surface area contributed by atoms with Crippen LogP contribution in [0.2, 0.25) is 0 Å². The predicted molar refractivity (Wildman–Crippen MR) is 77.2 cm³/mol. The largest absolute Gasteiger partial charge is 0.481 e. The summed E-state index contributed by atoms with van der Waals surface area (Å²) in [6, 6.07) is 7.68. The summed E-state index contributed by atoms with van der Waals surface area (Å²) >= 11 is 0. The van der Waals surface area contributed by atoms with Crippen molar-refractivity contribution in [1.29, 1.82) is 0 Å². The summed E-state index contributed by atoms with van der Waals surface area (Å²) in [5, 5.41) is 2.89. The monoisotopic (exact) mass is 264 g/mol. The van der Waals surface area contributed by atoms with Gasteiger partial charge in [-0.15, -0.1) is 0 Å². The van der Waals surface area contributed by atoms with E-state index in [1.165, 1.54) is 0 Å². The molecule has 0 radical (unpaired) electrons. The van der Waals surface area contributed by atoms with Crippen molar-refractivity contribution in [2.75, 3.05) is 6.54 Å². The van der Waals surface area contributed by atoms with Gasteiger partial charge in [0.15, 0.2) is 6.10 Å². The van der Waals surface area contributed by atoms with Crippen LogP contribution in [0.15, 0.2) is 24.3 Å². The van der Waals surface area contributed by atoms with Crippen molar-refractivity contribution in [3.63, 3.8) is 0 Å². The number of rotatable bonds is 5. The van der Waals surface area contributed by atoms with Gasteiger partial charge in [0, 0.05) is 5.54 Å². The second-order valence-electron chi connectivity index (χ2n) is 5.69. The minimum atomic E-state index is -0.521. The molecule has 3 N–H and O–H groups in total. The summed E-state index contributed by atoms with van der Waals surface area (Å²) in [5.74, 6) is 0.583. The number of hydrogen-bond donors (Lipinski definition) is 2. The Bertz CT molecular complexity index is 424. The fourth-order valence-electron chi connectivity index (χ4n) is 1.67. The molecule has 0 saturated heterocycles. The number of carbonyl (C=O) groups is 1. The summed E-state index contributed by atoms with van der Waals surface area (Å²) in [4.78, 5) is 11.9. The van der Waals surface area contributed by atoms with Crippen LogP contribution < -0.4 is 15.8 Å². The lowest BCUT2D eigenvalue weighted by Crippen LogP contribution is -2.46. The van der Waals surface area contributed by atoms with E-state index in [9.17, 15) is 4.79 Å². The first-order chi connectivity index (χ1) is 8.81. The van der Waals surface area contributed by atoms with E-state index in [2.05, 4.69) is 5.32 Å². The first-order valence-corrected chi connectivity index (χ1v) is 6.59. The Labute approximate surface area is 115 Å². The van der Waals surface area contributed by atoms with Crippen LogP contribution in [0.25, 0.3) is 0 Å². The molecule has 0 aromatic heterocycles. The second kappa shape index (κ2) is 6.57. The van der Waals surface area contributed by atoms with Gasteiger partial charge in [-0.3, -0.25) is 4.79 Å². The minimum absolute atomic E-state index is 0.114. The van der Waals surface area contributed by atoms with Gasteiger partial charge in [0.05, 0.1) is 0 Å². The molecule has 0 aliphatic heterocycles. The molecule has 1 aromatic rings. The smallest absolute Gasteiger partial charge is 0.261 e. The Balaban J connectivity index is 2.63. The summed E-state index contributed by atoms with van der Waals surface area (Å²) in [6.07, 6.45) is 0.284. The average Bonchev–Trinajstić information content (AvgIpc) is 2.27. The van der Waals surface area contributed by atoms with Gasteiger partial charge in [0.1, 0.15) is 5.75 Å². The lowest BCUT2D eigenvalue weighted by molar-refractivity contribution is -0.128. The second-order valence-corrected chi connectivity index (χ2v) is 5.69. The Morgan fingerprint density at radius 3 is 2.68 bits per heavy atom. The zero-order valence-electron chi connectivity index (χ0n) is 12.2. The molecular formula is C15H24N2O2. The number of ether oxygens (including phenoxy) is 1. The first-order valence-electron chi connectivity index (χ1n) is 6.59. The molecule has 4 heteroatoms. The number of benzene rings is 1. The summed E-state index contributed by atoms with van der Waals surface area (Å²) in [6.45, 7) is 8.18. The van der Waals surface area contributed by atoms with Gasteiger partial charge in [0.25, 0.3) is 5.91 Å². The van der Waals surface area contributed by atoms with E-state index in [-0.39, 0.29) is 11.4 Å². The van der Waals surface area contributed by atoms with Crippen molar-refractivity contribution in [2.45, 2.75) is 45.8 Å². The van der Waals surface area contributed by atoms with E-state index in [0.29, 0.717) is 12.3 Å². The van der Waals surface area contributed by atoms with Gasteiger partial charge < -0.3 is 15.8 Å². The fourth-order valence-corrected chi connectivity index (χ4v) is 1.67. The van der Waals surface area contributed by atoms with Crippen molar-refractivity contribution < 1.29 is 9.53 Å². The third-order valence-corrected chi connectivity index (χ3v) is 2.51. The molecular weight excluding hydrogens is 240 g/mol. The van der Waals surface area contributed by atoms with Crippen molar-refractivity contribution in [2.24, 2.45) is 5.73 Å². The molecule has 0 aliphatic carbocycles. The van der Waals surface area contributed by atoms with Crippen molar-refractivity contribution in [1.82, 2.24) is 5.32 Å². The van der Waals surface area contributed by atoms with Crippen LogP contribution >= 0.6 is 0 Å². The molecule has 1 rings (SSSR count). The summed E-state index contributed by atoms with van der Waals surface area (Å²) < 4.78 is 5.66. The zero-order chi connectivity index (χ0) is 14.5. The maximum absolute atomic E-state index is 11.9. The van der Waals surface area contributed by atoms with Crippen molar-refractivity contribution in [3.8, 4) is 5.75 Å². The van der Waals surface area contributed by atoms with E-state index >= 15 is 0 Å². The molecule has 0 heterocycles. The zero-order valence-corrected chi connectivity index (χ0v) is 12.2. The normalized spacial score (nSPS) is 12.9. The lowest BCUT2D eigenvalue weighted by atomic mass is 10.1. The number of nitrogens with one attached hydrogen (secondary N) is 1. The highest BCUT2D eigenvalue weighted by molar-refractivity contribution is 5.81. The number of nitrogens with two attached hydrogens (primary N) is 1.